The van der Waals surface area contributed by atoms with Crippen LogP contribution in [-0.4, -0.2) is 29.6 Å². The van der Waals surface area contributed by atoms with Gasteiger partial charge in [-0.1, -0.05) is 55.0 Å². The van der Waals surface area contributed by atoms with E-state index in [2.05, 4.69) is 44.0 Å². The van der Waals surface area contributed by atoms with E-state index < -0.39 is 0 Å². The van der Waals surface area contributed by atoms with Gasteiger partial charge in [-0.05, 0) is 45.7 Å². The van der Waals surface area contributed by atoms with Gasteiger partial charge >= 0.3 is 0 Å². The van der Waals surface area contributed by atoms with Crippen molar-refractivity contribution in [2.24, 2.45) is 0 Å². The Morgan fingerprint density at radius 2 is 1.62 bits per heavy atom. The van der Waals surface area contributed by atoms with E-state index in [1.54, 1.807) is 0 Å². The highest BCUT2D eigenvalue weighted by molar-refractivity contribution is 5.29. The zero-order valence-electron chi connectivity index (χ0n) is 13.9. The number of aliphatic hydroxyl groups excluding tert-OH is 1. The standard InChI is InChI=1S/C19H31NO/c1-15-12-16(2)14-17(13-15)19(21)10-11-20(3)18-8-6-4-5-7-9-18/h12-14,18-19,21H,4-11H2,1-3H3. The number of rotatable bonds is 5. The third-order valence-electron chi connectivity index (χ3n) is 4.83. The molecule has 1 saturated carbocycles. The fourth-order valence-corrected chi connectivity index (χ4v) is 3.58. The topological polar surface area (TPSA) is 23.5 Å². The zero-order valence-corrected chi connectivity index (χ0v) is 13.9. The molecule has 1 aromatic rings. The first kappa shape index (κ1) is 16.5. The van der Waals surface area contributed by atoms with Crippen molar-refractivity contribution in [2.45, 2.75) is 70.9 Å². The molecule has 0 aromatic heterocycles. The molecule has 0 saturated heterocycles. The summed E-state index contributed by atoms with van der Waals surface area (Å²) in [6.45, 7) is 5.18. The number of hydrogen-bond donors (Lipinski definition) is 1. The molecular weight excluding hydrogens is 258 g/mol. The zero-order chi connectivity index (χ0) is 15.2. The summed E-state index contributed by atoms with van der Waals surface area (Å²) in [7, 11) is 2.23. The van der Waals surface area contributed by atoms with E-state index in [0.29, 0.717) is 0 Å². The summed E-state index contributed by atoms with van der Waals surface area (Å²) in [5.41, 5.74) is 3.55. The van der Waals surface area contributed by atoms with Crippen molar-refractivity contribution >= 4 is 0 Å². The van der Waals surface area contributed by atoms with Gasteiger partial charge in [0.05, 0.1) is 6.10 Å². The maximum atomic E-state index is 10.4. The lowest BCUT2D eigenvalue weighted by atomic mass is 10.0. The van der Waals surface area contributed by atoms with Gasteiger partial charge < -0.3 is 10.0 Å². The molecular formula is C19H31NO. The lowest BCUT2D eigenvalue weighted by molar-refractivity contribution is 0.132. The van der Waals surface area contributed by atoms with Gasteiger partial charge in [0.2, 0.25) is 0 Å². The van der Waals surface area contributed by atoms with E-state index in [9.17, 15) is 5.11 Å². The average Bonchev–Trinajstić information content (AvgIpc) is 2.72. The second-order valence-corrected chi connectivity index (χ2v) is 6.85. The molecule has 118 valence electrons. The van der Waals surface area contributed by atoms with Crippen molar-refractivity contribution < 1.29 is 5.11 Å². The van der Waals surface area contributed by atoms with Gasteiger partial charge in [0.15, 0.2) is 0 Å². The Bertz CT molecular complexity index is 415. The first-order valence-corrected chi connectivity index (χ1v) is 8.53. The number of nitrogens with zero attached hydrogens (tertiary/aromatic N) is 1. The first-order valence-electron chi connectivity index (χ1n) is 8.53. The Labute approximate surface area is 130 Å². The molecule has 1 fully saturated rings. The minimum atomic E-state index is -0.336. The van der Waals surface area contributed by atoms with Gasteiger partial charge in [0, 0.05) is 12.6 Å². The highest BCUT2D eigenvalue weighted by Crippen LogP contribution is 2.24. The van der Waals surface area contributed by atoms with Gasteiger partial charge in [0.25, 0.3) is 0 Å². The summed E-state index contributed by atoms with van der Waals surface area (Å²) in [4.78, 5) is 2.47. The molecule has 1 unspecified atom stereocenters. The van der Waals surface area contributed by atoms with Gasteiger partial charge in [-0.3, -0.25) is 0 Å². The summed E-state index contributed by atoms with van der Waals surface area (Å²) >= 11 is 0. The lowest BCUT2D eigenvalue weighted by Crippen LogP contribution is -2.32. The number of aryl methyl sites for hydroxylation is 2. The Kier molecular flexibility index (Phi) is 6.25. The monoisotopic (exact) mass is 289 g/mol. The molecule has 1 aromatic carbocycles. The SMILES string of the molecule is Cc1cc(C)cc(C(O)CCN(C)C2CCCCCC2)c1. The van der Waals surface area contributed by atoms with Crippen LogP contribution in [0.5, 0.6) is 0 Å². The summed E-state index contributed by atoms with van der Waals surface area (Å²) in [6, 6.07) is 7.11. The van der Waals surface area contributed by atoms with Crippen molar-refractivity contribution in [3.8, 4) is 0 Å². The number of benzene rings is 1. The Balaban J connectivity index is 1.86. The maximum Gasteiger partial charge on any atom is 0.0802 e. The van der Waals surface area contributed by atoms with Crippen LogP contribution in [0.1, 0.15) is 67.7 Å². The van der Waals surface area contributed by atoms with Crippen molar-refractivity contribution in [3.05, 3.63) is 34.9 Å². The van der Waals surface area contributed by atoms with Crippen molar-refractivity contribution in [1.82, 2.24) is 4.90 Å². The Morgan fingerprint density at radius 3 is 2.19 bits per heavy atom. The molecule has 21 heavy (non-hydrogen) atoms. The van der Waals surface area contributed by atoms with Gasteiger partial charge in [-0.15, -0.1) is 0 Å². The van der Waals surface area contributed by atoms with Crippen molar-refractivity contribution in [3.63, 3.8) is 0 Å². The van der Waals surface area contributed by atoms with E-state index in [1.165, 1.54) is 49.7 Å². The van der Waals surface area contributed by atoms with Crippen LogP contribution in [-0.2, 0) is 0 Å². The number of hydrogen-bond acceptors (Lipinski definition) is 2. The summed E-state index contributed by atoms with van der Waals surface area (Å²) in [5, 5.41) is 10.4. The normalized spacial score (nSPS) is 18.7. The summed E-state index contributed by atoms with van der Waals surface area (Å²) < 4.78 is 0. The Hall–Kier alpha value is -0.860. The minimum Gasteiger partial charge on any atom is -0.388 e. The van der Waals surface area contributed by atoms with Crippen molar-refractivity contribution in [2.75, 3.05) is 13.6 Å². The fourth-order valence-electron chi connectivity index (χ4n) is 3.58. The second-order valence-electron chi connectivity index (χ2n) is 6.85. The molecule has 0 heterocycles. The molecule has 2 rings (SSSR count). The minimum absolute atomic E-state index is 0.336. The molecule has 1 aliphatic rings. The third-order valence-corrected chi connectivity index (χ3v) is 4.83. The van der Waals surface area contributed by atoms with Gasteiger partial charge in [0.1, 0.15) is 0 Å². The van der Waals surface area contributed by atoms with Gasteiger partial charge in [-0.2, -0.15) is 0 Å². The van der Waals surface area contributed by atoms with Crippen LogP contribution in [0.4, 0.5) is 0 Å². The van der Waals surface area contributed by atoms with E-state index in [1.807, 2.05) is 0 Å². The van der Waals surface area contributed by atoms with Crippen LogP contribution in [0.15, 0.2) is 18.2 Å². The fraction of sp³-hybridized carbons (Fsp3) is 0.684. The maximum absolute atomic E-state index is 10.4. The predicted octanol–water partition coefficient (Wildman–Crippen LogP) is 4.38. The molecule has 2 heteroatoms. The van der Waals surface area contributed by atoms with E-state index in [-0.39, 0.29) is 6.10 Å². The van der Waals surface area contributed by atoms with E-state index in [0.717, 1.165) is 24.6 Å². The quantitative estimate of drug-likeness (QED) is 0.813. The van der Waals surface area contributed by atoms with Crippen LogP contribution in [0, 0.1) is 13.8 Å². The second kappa shape index (κ2) is 7.95. The van der Waals surface area contributed by atoms with Crippen LogP contribution in [0.25, 0.3) is 0 Å². The molecule has 1 atom stereocenters. The number of aliphatic hydroxyl groups is 1. The highest BCUT2D eigenvalue weighted by atomic mass is 16.3. The Morgan fingerprint density at radius 1 is 1.05 bits per heavy atom. The smallest absolute Gasteiger partial charge is 0.0802 e. The largest absolute Gasteiger partial charge is 0.388 e. The summed E-state index contributed by atoms with van der Waals surface area (Å²) in [5.74, 6) is 0. The van der Waals surface area contributed by atoms with E-state index in [4.69, 9.17) is 0 Å². The molecule has 0 aliphatic heterocycles. The van der Waals surface area contributed by atoms with Crippen LogP contribution < -0.4 is 0 Å². The predicted molar refractivity (Wildman–Crippen MR) is 89.6 cm³/mol. The molecule has 1 N–H and O–H groups in total. The van der Waals surface area contributed by atoms with E-state index >= 15 is 0 Å². The summed E-state index contributed by atoms with van der Waals surface area (Å²) in [6.07, 6.45) is 8.69. The molecule has 1 aliphatic carbocycles. The molecule has 0 radical (unpaired) electrons. The molecule has 0 bridgehead atoms. The third kappa shape index (κ3) is 5.12. The highest BCUT2D eigenvalue weighted by Gasteiger charge is 2.18. The molecule has 0 amide bonds. The van der Waals surface area contributed by atoms with Crippen molar-refractivity contribution in [1.29, 1.82) is 0 Å². The molecule has 2 nitrogen and oxygen atoms in total. The average molecular weight is 289 g/mol. The van der Waals surface area contributed by atoms with Gasteiger partial charge in [-0.25, -0.2) is 0 Å². The van der Waals surface area contributed by atoms with Crippen LogP contribution >= 0.6 is 0 Å². The van der Waals surface area contributed by atoms with Crippen LogP contribution in [0.3, 0.4) is 0 Å². The molecule has 0 spiro atoms. The van der Waals surface area contributed by atoms with Crippen LogP contribution in [0.2, 0.25) is 0 Å². The first-order chi connectivity index (χ1) is 10.1. The lowest BCUT2D eigenvalue weighted by Gasteiger charge is -2.28.